The van der Waals surface area contributed by atoms with E-state index in [9.17, 15) is 43.8 Å². The van der Waals surface area contributed by atoms with E-state index in [-0.39, 0.29) is 93.9 Å². The van der Waals surface area contributed by atoms with E-state index >= 15 is 0 Å². The Hall–Kier alpha value is -8.21. The molecule has 0 unspecified atom stereocenters. The molecule has 0 saturated heterocycles. The average molecular weight is 1050 g/mol. The van der Waals surface area contributed by atoms with Crippen LogP contribution < -0.4 is 60.6 Å². The Morgan fingerprint density at radius 2 is 1.05 bits per heavy atom. The van der Waals surface area contributed by atoms with Crippen LogP contribution in [0, 0.1) is 5.92 Å². The largest absolute Gasteiger partial charge is 0.508 e. The van der Waals surface area contributed by atoms with Crippen LogP contribution in [0.25, 0.3) is 10.9 Å². The Morgan fingerprint density at radius 3 is 1.57 bits per heavy atom. The van der Waals surface area contributed by atoms with Crippen molar-refractivity contribution in [3.63, 3.8) is 0 Å². The van der Waals surface area contributed by atoms with Gasteiger partial charge < -0.3 is 75.8 Å². The predicted molar refractivity (Wildman–Crippen MR) is 290 cm³/mol. The van der Waals surface area contributed by atoms with Gasteiger partial charge in [0.2, 0.25) is 35.4 Å². The van der Waals surface area contributed by atoms with Crippen LogP contribution in [0.15, 0.2) is 89.0 Å². The minimum atomic E-state index is -1.42. The Morgan fingerprint density at radius 1 is 0.566 bits per heavy atom. The lowest BCUT2D eigenvalue weighted by Gasteiger charge is -2.27. The van der Waals surface area contributed by atoms with Crippen molar-refractivity contribution in [1.82, 2.24) is 36.9 Å². The monoisotopic (exact) mass is 1050 g/mol. The number of aliphatic imine (C=N–C) groups is 2. The van der Waals surface area contributed by atoms with Crippen LogP contribution in [0.4, 0.5) is 0 Å². The molecule has 0 aliphatic carbocycles. The summed E-state index contributed by atoms with van der Waals surface area (Å²) in [5.74, 6) is -6.27. The topological polar surface area (TPSA) is 403 Å². The fourth-order valence-electron chi connectivity index (χ4n) is 8.45. The fraction of sp³-hybridized carbons (Fsp3) is 0.453. The van der Waals surface area contributed by atoms with Gasteiger partial charge in [0.05, 0.1) is 6.04 Å². The molecule has 1 heterocycles. The number of primary amides is 1. The normalized spacial score (nSPS) is 13.5. The number of para-hydroxylation sites is 1. The molecule has 412 valence electrons. The van der Waals surface area contributed by atoms with Crippen molar-refractivity contribution in [2.24, 2.45) is 44.6 Å². The molecule has 0 saturated carbocycles. The number of hydrogen-bond acceptors (Lipinski definition) is 12. The quantitative estimate of drug-likeness (QED) is 0.0174. The van der Waals surface area contributed by atoms with E-state index in [1.807, 2.05) is 38.1 Å². The molecule has 4 rings (SSSR count). The van der Waals surface area contributed by atoms with Crippen LogP contribution >= 0.6 is 0 Å². The first-order chi connectivity index (χ1) is 36.2. The van der Waals surface area contributed by atoms with Gasteiger partial charge in [-0.25, -0.2) is 0 Å². The molecule has 0 bridgehead atoms. The minimum Gasteiger partial charge on any atom is -0.508 e. The molecule has 23 heteroatoms. The Bertz CT molecular complexity index is 2610. The highest BCUT2D eigenvalue weighted by atomic mass is 16.3. The van der Waals surface area contributed by atoms with Crippen LogP contribution in [0.3, 0.4) is 0 Å². The van der Waals surface area contributed by atoms with Gasteiger partial charge in [-0.3, -0.25) is 43.5 Å². The highest BCUT2D eigenvalue weighted by molar-refractivity contribution is 5.97. The molecule has 6 atom stereocenters. The number of carbonyl (C=O) groups is 7. The van der Waals surface area contributed by atoms with E-state index < -0.39 is 83.8 Å². The van der Waals surface area contributed by atoms with Crippen molar-refractivity contribution in [1.29, 1.82) is 0 Å². The summed E-state index contributed by atoms with van der Waals surface area (Å²) in [4.78, 5) is 109. The number of aromatic nitrogens is 1. The second kappa shape index (κ2) is 30.9. The van der Waals surface area contributed by atoms with E-state index in [1.165, 1.54) is 31.2 Å². The summed E-state index contributed by atoms with van der Waals surface area (Å²) in [6, 6.07) is 13.3. The predicted octanol–water partition coefficient (Wildman–Crippen LogP) is 0.387. The van der Waals surface area contributed by atoms with E-state index in [4.69, 9.17) is 28.7 Å². The number of phenols is 2. The second-order valence-corrected chi connectivity index (χ2v) is 19.1. The number of ketones is 1. The molecule has 6 amide bonds. The molecule has 0 aliphatic heterocycles. The number of carbonyl (C=O) groups excluding carboxylic acids is 7. The summed E-state index contributed by atoms with van der Waals surface area (Å²) in [7, 11) is 0. The van der Waals surface area contributed by atoms with Crippen molar-refractivity contribution < 1.29 is 43.8 Å². The van der Waals surface area contributed by atoms with Crippen molar-refractivity contribution in [2.75, 3.05) is 19.6 Å². The fourth-order valence-corrected chi connectivity index (χ4v) is 8.45. The summed E-state index contributed by atoms with van der Waals surface area (Å²) in [5, 5.41) is 37.9. The third-order valence-electron chi connectivity index (χ3n) is 12.4. The first kappa shape index (κ1) is 60.3. The van der Waals surface area contributed by atoms with Crippen LogP contribution in [0.2, 0.25) is 0 Å². The SMILES string of the molecule is CC(=O)N[C@@H](CCCN=C(N)N)C(=O)N[C@@H](Cc1ccc(O)cc1)C(=O)N[C@@H](Cc1ccc(O)cc1)C(=O)N[C@@H](CCCN=C(N)N)C(=O)C[C@@H](Cc1c[nH]c2ccccc12)C(=O)N[C@@H](CCCCNC(C)C)C(N)=O. The van der Waals surface area contributed by atoms with Crippen LogP contribution in [-0.2, 0) is 52.8 Å². The number of phenolic OH excluding ortho intramolecular Hbond substituents is 2. The number of amides is 6. The number of rotatable bonds is 33. The third kappa shape index (κ3) is 21.3. The van der Waals surface area contributed by atoms with Crippen molar-refractivity contribution in [3.8, 4) is 11.5 Å². The smallest absolute Gasteiger partial charge is 0.243 e. The van der Waals surface area contributed by atoms with Crippen LogP contribution in [-0.4, -0.2) is 124 Å². The number of nitrogens with zero attached hydrogens (tertiary/aromatic N) is 2. The van der Waals surface area contributed by atoms with E-state index in [2.05, 4.69) is 46.9 Å². The van der Waals surface area contributed by atoms with Gasteiger partial charge in [-0.05, 0) is 105 Å². The first-order valence-corrected chi connectivity index (χ1v) is 25.4. The number of aromatic hydroxyl groups is 2. The molecular weight excluding hydrogens is 977 g/mol. The molecule has 0 spiro atoms. The molecule has 3 aromatic carbocycles. The number of guanidine groups is 2. The van der Waals surface area contributed by atoms with Gasteiger partial charge in [-0.1, -0.05) is 56.3 Å². The first-order valence-electron chi connectivity index (χ1n) is 25.4. The number of hydrogen-bond donors (Lipinski definition) is 14. The van der Waals surface area contributed by atoms with Gasteiger partial charge in [0, 0.05) is 68.3 Å². The number of Topliss-reactive ketones (excluding diaryl/α,β-unsaturated/α-hetero) is 1. The number of nitrogens with one attached hydrogen (secondary N) is 7. The summed E-state index contributed by atoms with van der Waals surface area (Å²) < 4.78 is 0. The van der Waals surface area contributed by atoms with Gasteiger partial charge >= 0.3 is 0 Å². The number of unbranched alkanes of at least 4 members (excludes halogenated alkanes) is 1. The summed E-state index contributed by atoms with van der Waals surface area (Å²) in [5.41, 5.74) is 30.5. The van der Waals surface area contributed by atoms with Gasteiger partial charge in [-0.2, -0.15) is 0 Å². The summed E-state index contributed by atoms with van der Waals surface area (Å²) in [6.45, 7) is 6.20. The zero-order valence-corrected chi connectivity index (χ0v) is 43.5. The summed E-state index contributed by atoms with van der Waals surface area (Å²) >= 11 is 0. The number of nitrogens with two attached hydrogens (primary N) is 5. The zero-order valence-electron chi connectivity index (χ0n) is 43.5. The molecule has 0 aliphatic rings. The third-order valence-corrected chi connectivity index (χ3v) is 12.4. The van der Waals surface area contributed by atoms with Gasteiger partial charge in [0.1, 0.15) is 35.7 Å². The van der Waals surface area contributed by atoms with Crippen molar-refractivity contribution in [2.45, 2.75) is 128 Å². The lowest BCUT2D eigenvalue weighted by atomic mass is 9.89. The number of aromatic amines is 1. The standard InChI is InChI=1S/C53H76N14O9/c1-31(2)59-23-7-6-12-42(47(54)72)65-48(73)35(28-36-30-62-40-11-5-4-10-39(36)40)29-46(71)41(13-8-24-60-52(55)56)64-50(75)44(26-33-15-19-37(69)20-16-33)67-51(76)45(27-34-17-21-38(70)22-18-34)66-49(74)43(63-32(3)68)14-9-25-61-53(57)58/h4-5,10-11,15-22,30-31,35,41-45,59,62,69-70H,6-9,12-14,23-29H2,1-3H3,(H2,54,72)(H,63,68)(H,64,75)(H,65,73)(H,66,74)(H,67,76)(H4,55,56,60)(H4,57,58,61)/t35-,41+,42+,43+,44+,45+/m1/s1. The maximum atomic E-state index is 14.8. The van der Waals surface area contributed by atoms with E-state index in [0.29, 0.717) is 24.1 Å². The van der Waals surface area contributed by atoms with Crippen molar-refractivity contribution >= 4 is 64.0 Å². The lowest BCUT2D eigenvalue weighted by Crippen LogP contribution is -2.58. The van der Waals surface area contributed by atoms with Crippen LogP contribution in [0.5, 0.6) is 11.5 Å². The number of H-pyrrole nitrogens is 1. The van der Waals surface area contributed by atoms with E-state index in [0.717, 1.165) is 22.9 Å². The highest BCUT2D eigenvalue weighted by Gasteiger charge is 2.34. The highest BCUT2D eigenvalue weighted by Crippen LogP contribution is 2.24. The zero-order chi connectivity index (χ0) is 55.7. The number of benzene rings is 3. The molecule has 0 fully saturated rings. The van der Waals surface area contributed by atoms with E-state index in [1.54, 1.807) is 30.5 Å². The molecule has 4 aromatic rings. The minimum absolute atomic E-state index is 0.00969. The molecular formula is C53H76N14O9. The average Bonchev–Trinajstić information content (AvgIpc) is 3.77. The molecule has 1 aromatic heterocycles. The van der Waals surface area contributed by atoms with Crippen molar-refractivity contribution in [3.05, 3.63) is 95.7 Å². The lowest BCUT2D eigenvalue weighted by molar-refractivity contribution is -0.135. The second-order valence-electron chi connectivity index (χ2n) is 19.1. The molecule has 76 heavy (non-hydrogen) atoms. The Kier molecular flexibility index (Phi) is 24.5. The Balaban J connectivity index is 1.69. The van der Waals surface area contributed by atoms with Gasteiger partial charge in [-0.15, -0.1) is 0 Å². The maximum Gasteiger partial charge on any atom is 0.243 e. The van der Waals surface area contributed by atoms with Gasteiger partial charge in [0.15, 0.2) is 17.7 Å². The summed E-state index contributed by atoms with van der Waals surface area (Å²) in [6.07, 6.45) is 3.23. The maximum absolute atomic E-state index is 14.8. The van der Waals surface area contributed by atoms with Crippen LogP contribution in [0.1, 0.15) is 88.8 Å². The molecule has 19 N–H and O–H groups in total. The van der Waals surface area contributed by atoms with Gasteiger partial charge in [0.25, 0.3) is 0 Å². The molecule has 23 nitrogen and oxygen atoms in total. The molecule has 0 radical (unpaired) electrons. The number of fused-ring (bicyclic) bond motifs is 1. The Labute approximate surface area is 442 Å².